The molecule has 3 rings (SSSR count). The van der Waals surface area contributed by atoms with E-state index < -0.39 is 0 Å². The fourth-order valence-corrected chi connectivity index (χ4v) is 3.64. The third-order valence-electron chi connectivity index (χ3n) is 5.12. The first-order valence-electron chi connectivity index (χ1n) is 9.38. The molecule has 1 saturated heterocycles. The van der Waals surface area contributed by atoms with Crippen LogP contribution in [0.25, 0.3) is 0 Å². The molecule has 6 nitrogen and oxygen atoms in total. The number of carbonyl (C=O) groups excluding carboxylic acids is 2. The van der Waals surface area contributed by atoms with Crippen molar-refractivity contribution in [3.05, 3.63) is 29.8 Å². The summed E-state index contributed by atoms with van der Waals surface area (Å²) in [5.74, 6) is 0.316. The third-order valence-corrected chi connectivity index (χ3v) is 5.12. The predicted octanol–water partition coefficient (Wildman–Crippen LogP) is -0.698. The quantitative estimate of drug-likeness (QED) is 0.717. The SMILES string of the molecule is CCCNC(=O)C[NH+]1CCN(C(=O)CN2CCc3ccccc32)CC1. The van der Waals surface area contributed by atoms with Crippen LogP contribution >= 0.6 is 0 Å². The average molecular weight is 345 g/mol. The average Bonchev–Trinajstić information content (AvgIpc) is 3.03. The van der Waals surface area contributed by atoms with Gasteiger partial charge in [0.25, 0.3) is 5.91 Å². The van der Waals surface area contributed by atoms with Gasteiger partial charge < -0.3 is 20.0 Å². The number of rotatable bonds is 6. The van der Waals surface area contributed by atoms with E-state index in [9.17, 15) is 9.59 Å². The van der Waals surface area contributed by atoms with Crippen molar-refractivity contribution in [2.75, 3.05) is 57.3 Å². The van der Waals surface area contributed by atoms with Crippen molar-refractivity contribution in [1.29, 1.82) is 0 Å². The first-order valence-corrected chi connectivity index (χ1v) is 9.38. The maximum atomic E-state index is 12.6. The van der Waals surface area contributed by atoms with Gasteiger partial charge in [0.15, 0.2) is 6.54 Å². The molecule has 0 aromatic heterocycles. The summed E-state index contributed by atoms with van der Waals surface area (Å²) in [4.78, 5) is 29.9. The van der Waals surface area contributed by atoms with Crippen molar-refractivity contribution < 1.29 is 14.5 Å². The van der Waals surface area contributed by atoms with E-state index in [0.717, 1.165) is 52.1 Å². The Morgan fingerprint density at radius 2 is 1.92 bits per heavy atom. The van der Waals surface area contributed by atoms with Gasteiger partial charge in [-0.25, -0.2) is 0 Å². The molecular weight excluding hydrogens is 316 g/mol. The lowest BCUT2D eigenvalue weighted by Gasteiger charge is -2.33. The summed E-state index contributed by atoms with van der Waals surface area (Å²) in [7, 11) is 0. The van der Waals surface area contributed by atoms with Crippen LogP contribution in [0.5, 0.6) is 0 Å². The first-order chi connectivity index (χ1) is 12.2. The van der Waals surface area contributed by atoms with Gasteiger partial charge in [-0.05, 0) is 24.5 Å². The summed E-state index contributed by atoms with van der Waals surface area (Å²) in [5, 5.41) is 2.92. The Bertz CT molecular complexity index is 611. The van der Waals surface area contributed by atoms with E-state index in [4.69, 9.17) is 0 Å². The number of piperazine rings is 1. The van der Waals surface area contributed by atoms with E-state index >= 15 is 0 Å². The second-order valence-electron chi connectivity index (χ2n) is 6.96. The van der Waals surface area contributed by atoms with E-state index in [1.807, 2.05) is 11.0 Å². The van der Waals surface area contributed by atoms with Crippen LogP contribution in [-0.4, -0.2) is 69.1 Å². The third kappa shape index (κ3) is 4.51. The van der Waals surface area contributed by atoms with Crippen molar-refractivity contribution in [2.45, 2.75) is 19.8 Å². The van der Waals surface area contributed by atoms with Crippen molar-refractivity contribution in [1.82, 2.24) is 10.2 Å². The number of benzene rings is 1. The number of para-hydroxylation sites is 1. The Morgan fingerprint density at radius 1 is 1.16 bits per heavy atom. The van der Waals surface area contributed by atoms with E-state index in [-0.39, 0.29) is 11.8 Å². The molecule has 2 aliphatic rings. The summed E-state index contributed by atoms with van der Waals surface area (Å²) in [6.07, 6.45) is 1.98. The minimum atomic E-state index is 0.116. The molecule has 0 radical (unpaired) electrons. The molecule has 2 aliphatic heterocycles. The molecule has 1 fully saturated rings. The molecule has 136 valence electrons. The summed E-state index contributed by atoms with van der Waals surface area (Å²) in [5.41, 5.74) is 2.54. The molecule has 0 atom stereocenters. The van der Waals surface area contributed by atoms with Gasteiger partial charge in [-0.15, -0.1) is 0 Å². The highest BCUT2D eigenvalue weighted by Crippen LogP contribution is 2.27. The Morgan fingerprint density at radius 3 is 2.68 bits per heavy atom. The number of fused-ring (bicyclic) bond motifs is 1. The van der Waals surface area contributed by atoms with Gasteiger partial charge in [-0.2, -0.15) is 0 Å². The van der Waals surface area contributed by atoms with Gasteiger partial charge in [-0.3, -0.25) is 9.59 Å². The fraction of sp³-hybridized carbons (Fsp3) is 0.579. The molecule has 0 spiro atoms. The molecule has 1 aromatic rings. The number of amides is 2. The minimum Gasteiger partial charge on any atom is -0.362 e. The summed E-state index contributed by atoms with van der Waals surface area (Å²) in [6, 6.07) is 8.34. The van der Waals surface area contributed by atoms with Crippen LogP contribution in [0.1, 0.15) is 18.9 Å². The molecule has 25 heavy (non-hydrogen) atoms. The van der Waals surface area contributed by atoms with Gasteiger partial charge in [0.2, 0.25) is 5.91 Å². The number of nitrogens with zero attached hydrogens (tertiary/aromatic N) is 2. The van der Waals surface area contributed by atoms with Crippen LogP contribution in [0.3, 0.4) is 0 Å². The molecule has 2 N–H and O–H groups in total. The predicted molar refractivity (Wildman–Crippen MR) is 97.8 cm³/mol. The van der Waals surface area contributed by atoms with Crippen LogP contribution < -0.4 is 15.1 Å². The molecule has 0 bridgehead atoms. The zero-order valence-electron chi connectivity index (χ0n) is 15.1. The van der Waals surface area contributed by atoms with Crippen LogP contribution in [-0.2, 0) is 16.0 Å². The van der Waals surface area contributed by atoms with Crippen LogP contribution in [0.15, 0.2) is 24.3 Å². The van der Waals surface area contributed by atoms with Gasteiger partial charge in [-0.1, -0.05) is 25.1 Å². The van der Waals surface area contributed by atoms with Crippen molar-refractivity contribution in [3.63, 3.8) is 0 Å². The highest BCUT2D eigenvalue weighted by Gasteiger charge is 2.27. The van der Waals surface area contributed by atoms with Crippen molar-refractivity contribution in [3.8, 4) is 0 Å². The molecular formula is C19H29N4O2+. The number of anilines is 1. The summed E-state index contributed by atoms with van der Waals surface area (Å²) >= 11 is 0. The molecule has 0 unspecified atom stereocenters. The highest BCUT2D eigenvalue weighted by molar-refractivity contribution is 5.82. The maximum Gasteiger partial charge on any atom is 0.275 e. The monoisotopic (exact) mass is 345 g/mol. The number of hydrogen-bond acceptors (Lipinski definition) is 3. The summed E-state index contributed by atoms with van der Waals surface area (Å²) in [6.45, 7) is 7.88. The Balaban J connectivity index is 1.44. The zero-order valence-corrected chi connectivity index (χ0v) is 15.1. The molecule has 0 saturated carbocycles. The number of nitrogens with one attached hydrogen (secondary N) is 2. The largest absolute Gasteiger partial charge is 0.362 e. The first kappa shape index (κ1) is 17.7. The molecule has 2 heterocycles. The lowest BCUT2D eigenvalue weighted by molar-refractivity contribution is -0.896. The molecule has 1 aromatic carbocycles. The second kappa shape index (κ2) is 8.34. The van der Waals surface area contributed by atoms with E-state index in [0.29, 0.717) is 13.1 Å². The normalized spacial score (nSPS) is 17.5. The van der Waals surface area contributed by atoms with E-state index in [1.165, 1.54) is 16.2 Å². The molecule has 2 amide bonds. The smallest absolute Gasteiger partial charge is 0.275 e. The maximum absolute atomic E-state index is 12.6. The second-order valence-corrected chi connectivity index (χ2v) is 6.96. The molecule has 0 aliphatic carbocycles. The van der Waals surface area contributed by atoms with Gasteiger partial charge in [0.1, 0.15) is 0 Å². The Hall–Kier alpha value is -2.08. The lowest BCUT2D eigenvalue weighted by atomic mass is 10.2. The van der Waals surface area contributed by atoms with Crippen molar-refractivity contribution >= 4 is 17.5 Å². The lowest BCUT2D eigenvalue weighted by Crippen LogP contribution is -3.15. The van der Waals surface area contributed by atoms with E-state index in [2.05, 4.69) is 35.3 Å². The molecule has 6 heteroatoms. The topological polar surface area (TPSA) is 57.1 Å². The summed E-state index contributed by atoms with van der Waals surface area (Å²) < 4.78 is 0. The van der Waals surface area contributed by atoms with E-state index in [1.54, 1.807) is 0 Å². The van der Waals surface area contributed by atoms with Crippen molar-refractivity contribution in [2.24, 2.45) is 0 Å². The number of quaternary nitrogens is 1. The standard InChI is InChI=1S/C19H28N4O2/c1-2-8-20-18(24)14-21-10-12-22(13-11-21)19(25)15-23-9-7-16-5-3-4-6-17(16)23/h3-6H,2,7-15H2,1H3,(H,20,24)/p+1. The van der Waals surface area contributed by atoms with Crippen LogP contribution in [0.4, 0.5) is 5.69 Å². The minimum absolute atomic E-state index is 0.116. The number of carbonyl (C=O) groups is 2. The van der Waals surface area contributed by atoms with Gasteiger partial charge in [0.05, 0.1) is 32.7 Å². The van der Waals surface area contributed by atoms with Gasteiger partial charge in [0, 0.05) is 18.8 Å². The Labute approximate surface area is 149 Å². The van der Waals surface area contributed by atoms with Crippen LogP contribution in [0, 0.1) is 0 Å². The zero-order chi connectivity index (χ0) is 17.6. The fourth-order valence-electron chi connectivity index (χ4n) is 3.64. The number of hydrogen-bond donors (Lipinski definition) is 2. The van der Waals surface area contributed by atoms with Gasteiger partial charge >= 0.3 is 0 Å². The Kier molecular flexibility index (Phi) is 5.91. The van der Waals surface area contributed by atoms with Crippen LogP contribution in [0.2, 0.25) is 0 Å². The highest BCUT2D eigenvalue weighted by atomic mass is 16.2.